The fourth-order valence-electron chi connectivity index (χ4n) is 10.4. The van der Waals surface area contributed by atoms with Crippen LogP contribution in [0.3, 0.4) is 0 Å². The van der Waals surface area contributed by atoms with Crippen LogP contribution in [0.4, 0.5) is 30.4 Å². The van der Waals surface area contributed by atoms with Crippen molar-refractivity contribution in [3.63, 3.8) is 0 Å². The van der Waals surface area contributed by atoms with Gasteiger partial charge in [-0.3, -0.25) is 39.1 Å². The standard InChI is InChI=1S/C49H53F3N12O5/c50-49(51,52)39-9-4-8-37(58-39)45(66)57-33-25-35(26-33)63-29-55-42-43(53-28-54-44(42)63)56-32-10-12-34(13-11-32)62-23-21-61(22-24-62)27-30-16-19-60(20-17-30)18-2-1-5-31-6-3-7-36-41(31)48(69)64(47(36)68)38-14-15-40(65)59-46(38)67/h3-4,6-13,28-30,33,35,38H,1-2,5,14-27H2,(H,57,66)(H,53,54,56)(H,59,65,67)/t33?,35?,38-/m0/s1. The van der Waals surface area contributed by atoms with E-state index < -0.39 is 41.5 Å². The number of carbonyl (C=O) groups excluding carboxylic acids is 5. The molecule has 0 spiro atoms. The molecule has 0 unspecified atom stereocenters. The quantitative estimate of drug-likeness (QED) is 0.0952. The van der Waals surface area contributed by atoms with E-state index in [0.29, 0.717) is 53.3 Å². The third kappa shape index (κ3) is 9.77. The fraction of sp³-hybridized carbons (Fsp3) is 0.449. The van der Waals surface area contributed by atoms with Gasteiger partial charge in [-0.2, -0.15) is 13.2 Å². The average Bonchev–Trinajstić information content (AvgIpc) is 3.88. The highest BCUT2D eigenvalue weighted by molar-refractivity contribution is 6.24. The van der Waals surface area contributed by atoms with Crippen LogP contribution in [-0.4, -0.2) is 133 Å². The zero-order chi connectivity index (χ0) is 47.8. The van der Waals surface area contributed by atoms with Gasteiger partial charge in [-0.1, -0.05) is 18.2 Å². The van der Waals surface area contributed by atoms with Gasteiger partial charge in [0.15, 0.2) is 17.0 Å². The molecule has 5 aliphatic rings. The molecule has 360 valence electrons. The molecule has 1 atom stereocenters. The zero-order valence-electron chi connectivity index (χ0n) is 38.0. The van der Waals surface area contributed by atoms with Gasteiger partial charge in [0.05, 0.1) is 17.5 Å². The molecule has 0 radical (unpaired) electrons. The Morgan fingerprint density at radius 2 is 1.58 bits per heavy atom. The minimum atomic E-state index is -4.63. The average molecular weight is 947 g/mol. The van der Waals surface area contributed by atoms with Crippen LogP contribution in [0.15, 0.2) is 73.3 Å². The minimum Gasteiger partial charge on any atom is -0.369 e. The first-order chi connectivity index (χ1) is 33.4. The second-order valence-electron chi connectivity index (χ2n) is 18.7. The van der Waals surface area contributed by atoms with Crippen LogP contribution >= 0.6 is 0 Å². The molecule has 5 aromatic rings. The lowest BCUT2D eigenvalue weighted by Crippen LogP contribution is -2.54. The van der Waals surface area contributed by atoms with Gasteiger partial charge in [-0.15, -0.1) is 0 Å². The molecule has 5 amide bonds. The van der Waals surface area contributed by atoms with Crippen molar-refractivity contribution in [3.05, 3.63) is 101 Å². The number of alkyl halides is 3. The molecule has 0 bridgehead atoms. The number of imide groups is 2. The Morgan fingerprint density at radius 3 is 2.33 bits per heavy atom. The van der Waals surface area contributed by atoms with Gasteiger partial charge in [-0.05, 0) is 125 Å². The molecule has 2 aromatic carbocycles. The fourth-order valence-corrected chi connectivity index (χ4v) is 10.4. The summed E-state index contributed by atoms with van der Waals surface area (Å²) in [7, 11) is 0. The van der Waals surface area contributed by atoms with Crippen molar-refractivity contribution >= 4 is 57.9 Å². The summed E-state index contributed by atoms with van der Waals surface area (Å²) in [6.45, 7) is 8.14. The molecule has 7 heterocycles. The number of rotatable bonds is 14. The normalized spacial score (nSPS) is 21.6. The maximum absolute atomic E-state index is 13.5. The van der Waals surface area contributed by atoms with Gasteiger partial charge in [0.2, 0.25) is 11.8 Å². The lowest BCUT2D eigenvalue weighted by atomic mass is 9.86. The number of carbonyl (C=O) groups is 5. The number of halogens is 3. The van der Waals surface area contributed by atoms with Gasteiger partial charge in [0.25, 0.3) is 17.7 Å². The molecule has 3 N–H and O–H groups in total. The molecule has 10 rings (SSSR count). The highest BCUT2D eigenvalue weighted by atomic mass is 19.4. The van der Waals surface area contributed by atoms with Crippen LogP contribution in [-0.2, 0) is 22.2 Å². The van der Waals surface area contributed by atoms with Crippen molar-refractivity contribution in [2.75, 3.05) is 62.6 Å². The highest BCUT2D eigenvalue weighted by Gasteiger charge is 2.45. The van der Waals surface area contributed by atoms with Crippen molar-refractivity contribution in [2.45, 2.75) is 82.1 Å². The third-order valence-corrected chi connectivity index (χ3v) is 14.3. The summed E-state index contributed by atoms with van der Waals surface area (Å²) in [4.78, 5) is 89.1. The summed E-state index contributed by atoms with van der Waals surface area (Å²) in [5, 5.41) is 8.44. The maximum atomic E-state index is 13.5. The molecule has 3 saturated heterocycles. The number of aryl methyl sites for hydroxylation is 1. The number of piperidine rings is 2. The topological polar surface area (TPSA) is 191 Å². The molecule has 4 fully saturated rings. The van der Waals surface area contributed by atoms with Crippen LogP contribution in [0.2, 0.25) is 0 Å². The molecule has 4 aliphatic heterocycles. The van der Waals surface area contributed by atoms with Crippen LogP contribution in [0.25, 0.3) is 11.2 Å². The Labute approximate surface area is 395 Å². The van der Waals surface area contributed by atoms with Gasteiger partial charge in [0, 0.05) is 62.6 Å². The number of anilines is 3. The maximum Gasteiger partial charge on any atom is 0.433 e. The first kappa shape index (κ1) is 46.0. The number of aromatic nitrogens is 5. The second kappa shape index (κ2) is 19.3. The Kier molecular flexibility index (Phi) is 12.9. The summed E-state index contributed by atoms with van der Waals surface area (Å²) in [6, 6.07) is 15.7. The molecular weight excluding hydrogens is 894 g/mol. The first-order valence-corrected chi connectivity index (χ1v) is 23.8. The van der Waals surface area contributed by atoms with Crippen molar-refractivity contribution < 1.29 is 37.1 Å². The monoisotopic (exact) mass is 946 g/mol. The number of benzene rings is 2. The molecule has 1 saturated carbocycles. The number of nitrogens with one attached hydrogen (secondary N) is 3. The Hall–Kier alpha value is -6.80. The number of unbranched alkanes of at least 4 members (excludes halogenated alkanes) is 1. The molecule has 69 heavy (non-hydrogen) atoms. The van der Waals surface area contributed by atoms with E-state index in [-0.39, 0.29) is 36.5 Å². The zero-order valence-corrected chi connectivity index (χ0v) is 38.0. The molecule has 17 nitrogen and oxygen atoms in total. The van der Waals surface area contributed by atoms with Crippen molar-refractivity contribution in [1.82, 2.24) is 49.8 Å². The first-order valence-electron chi connectivity index (χ1n) is 23.8. The van der Waals surface area contributed by atoms with Crippen LogP contribution in [0.5, 0.6) is 0 Å². The minimum absolute atomic E-state index is 0.00155. The number of pyridine rings is 1. The van der Waals surface area contributed by atoms with Crippen LogP contribution in [0, 0.1) is 5.92 Å². The van der Waals surface area contributed by atoms with Crippen molar-refractivity contribution in [2.24, 2.45) is 5.92 Å². The van der Waals surface area contributed by atoms with E-state index in [0.717, 1.165) is 93.1 Å². The van der Waals surface area contributed by atoms with E-state index in [1.165, 1.54) is 31.3 Å². The second-order valence-corrected chi connectivity index (χ2v) is 18.7. The Morgan fingerprint density at radius 1 is 0.812 bits per heavy atom. The van der Waals surface area contributed by atoms with Crippen LogP contribution in [0.1, 0.15) is 99.9 Å². The lowest BCUT2D eigenvalue weighted by Gasteiger charge is -2.39. The molecule has 1 aliphatic carbocycles. The van der Waals surface area contributed by atoms with Crippen molar-refractivity contribution in [3.8, 4) is 0 Å². The number of likely N-dealkylation sites (tertiary alicyclic amines) is 1. The summed E-state index contributed by atoms with van der Waals surface area (Å²) < 4.78 is 41.2. The SMILES string of the molecule is O=C1CC[C@H](N2C(=O)c3cccc(CCCCN4CCC(CN5CCN(c6ccc(Nc7ncnc8c7ncn8C7CC(NC(=O)c8cccc(C(F)(F)F)n8)C7)cc6)CC5)CC4)c3C2=O)C(=O)N1. The predicted molar refractivity (Wildman–Crippen MR) is 248 cm³/mol. The highest BCUT2D eigenvalue weighted by Crippen LogP contribution is 2.36. The van der Waals surface area contributed by atoms with E-state index in [1.54, 1.807) is 18.5 Å². The third-order valence-electron chi connectivity index (χ3n) is 14.3. The largest absolute Gasteiger partial charge is 0.433 e. The smallest absolute Gasteiger partial charge is 0.369 e. The number of hydrogen-bond acceptors (Lipinski definition) is 13. The molecule has 20 heteroatoms. The number of imidazole rings is 1. The lowest BCUT2D eigenvalue weighted by molar-refractivity contribution is -0.141. The Balaban J connectivity index is 0.634. The van der Waals surface area contributed by atoms with Gasteiger partial charge in [0.1, 0.15) is 23.8 Å². The number of hydrogen-bond donors (Lipinski definition) is 3. The van der Waals surface area contributed by atoms with E-state index >= 15 is 0 Å². The van der Waals surface area contributed by atoms with E-state index in [1.807, 2.05) is 22.8 Å². The summed E-state index contributed by atoms with van der Waals surface area (Å²) >= 11 is 0. The summed E-state index contributed by atoms with van der Waals surface area (Å²) in [5.74, 6) is -1.31. The number of piperazine rings is 1. The predicted octanol–water partition coefficient (Wildman–Crippen LogP) is 5.38. The van der Waals surface area contributed by atoms with Gasteiger partial charge < -0.3 is 25.0 Å². The van der Waals surface area contributed by atoms with Gasteiger partial charge >= 0.3 is 6.18 Å². The number of nitrogens with zero attached hydrogens (tertiary/aromatic N) is 9. The summed E-state index contributed by atoms with van der Waals surface area (Å²) in [6.07, 6.45) is 4.79. The van der Waals surface area contributed by atoms with E-state index in [9.17, 15) is 37.1 Å². The number of fused-ring (bicyclic) bond motifs is 2. The van der Waals surface area contributed by atoms with Crippen molar-refractivity contribution in [1.29, 1.82) is 0 Å². The summed E-state index contributed by atoms with van der Waals surface area (Å²) in [5.41, 5.74) is 3.45. The van der Waals surface area contributed by atoms with Crippen LogP contribution < -0.4 is 20.9 Å². The van der Waals surface area contributed by atoms with Gasteiger partial charge in [-0.25, -0.2) is 19.9 Å². The Bertz CT molecular complexity index is 2760. The molecule has 3 aromatic heterocycles. The number of amides is 5. The van der Waals surface area contributed by atoms with E-state index in [4.69, 9.17) is 0 Å². The molecular formula is C49H53F3N12O5. The van der Waals surface area contributed by atoms with E-state index in [2.05, 4.69) is 62.7 Å².